The summed E-state index contributed by atoms with van der Waals surface area (Å²) in [6, 6.07) is 0. The Labute approximate surface area is 76.7 Å². The SMILES string of the molecule is CC(C)OCC(=O)c1cn(C)nn1. The van der Waals surface area contributed by atoms with E-state index < -0.39 is 0 Å². The molecule has 0 saturated heterocycles. The van der Waals surface area contributed by atoms with Crippen molar-refractivity contribution in [2.75, 3.05) is 6.61 Å². The van der Waals surface area contributed by atoms with Gasteiger partial charge in [0.2, 0.25) is 5.78 Å². The van der Waals surface area contributed by atoms with Crippen molar-refractivity contribution < 1.29 is 9.53 Å². The first-order valence-electron chi connectivity index (χ1n) is 4.10. The van der Waals surface area contributed by atoms with Crippen LogP contribution in [0, 0.1) is 0 Å². The van der Waals surface area contributed by atoms with Crippen LogP contribution < -0.4 is 0 Å². The molecule has 0 saturated carbocycles. The van der Waals surface area contributed by atoms with Crippen LogP contribution in [0.25, 0.3) is 0 Å². The van der Waals surface area contributed by atoms with E-state index in [0.717, 1.165) is 0 Å². The molecule has 0 aliphatic heterocycles. The maximum Gasteiger partial charge on any atom is 0.210 e. The van der Waals surface area contributed by atoms with Crippen molar-refractivity contribution in [1.82, 2.24) is 15.0 Å². The minimum absolute atomic E-state index is 0.0561. The van der Waals surface area contributed by atoms with Gasteiger partial charge in [-0.15, -0.1) is 5.10 Å². The lowest BCUT2D eigenvalue weighted by atomic mass is 10.3. The summed E-state index contributed by atoms with van der Waals surface area (Å²) >= 11 is 0. The van der Waals surface area contributed by atoms with Crippen molar-refractivity contribution in [2.45, 2.75) is 20.0 Å². The van der Waals surface area contributed by atoms with Gasteiger partial charge < -0.3 is 4.74 Å². The first-order valence-corrected chi connectivity index (χ1v) is 4.10. The van der Waals surface area contributed by atoms with E-state index in [1.807, 2.05) is 13.8 Å². The molecule has 0 fully saturated rings. The van der Waals surface area contributed by atoms with Crippen molar-refractivity contribution in [2.24, 2.45) is 7.05 Å². The summed E-state index contributed by atoms with van der Waals surface area (Å²) in [5.41, 5.74) is 0.350. The highest BCUT2D eigenvalue weighted by atomic mass is 16.5. The number of nitrogens with zero attached hydrogens (tertiary/aromatic N) is 3. The molecule has 0 radical (unpaired) electrons. The van der Waals surface area contributed by atoms with Crippen molar-refractivity contribution in [3.05, 3.63) is 11.9 Å². The molecule has 0 spiro atoms. The highest BCUT2D eigenvalue weighted by Gasteiger charge is 2.10. The molecule has 0 aliphatic rings. The molecule has 0 unspecified atom stereocenters. The quantitative estimate of drug-likeness (QED) is 0.635. The number of ketones is 1. The number of carbonyl (C=O) groups is 1. The van der Waals surface area contributed by atoms with Gasteiger partial charge in [-0.25, -0.2) is 0 Å². The van der Waals surface area contributed by atoms with Crippen molar-refractivity contribution in [3.8, 4) is 0 Å². The van der Waals surface area contributed by atoms with E-state index in [0.29, 0.717) is 5.69 Å². The Kier molecular flexibility index (Phi) is 3.13. The van der Waals surface area contributed by atoms with Gasteiger partial charge in [0.05, 0.1) is 12.3 Å². The molecule has 0 aromatic carbocycles. The van der Waals surface area contributed by atoms with Gasteiger partial charge in [0.1, 0.15) is 6.61 Å². The zero-order valence-electron chi connectivity index (χ0n) is 8.02. The zero-order valence-corrected chi connectivity index (χ0v) is 8.02. The maximum atomic E-state index is 11.3. The molecule has 1 aromatic rings. The van der Waals surface area contributed by atoms with E-state index in [2.05, 4.69) is 10.3 Å². The topological polar surface area (TPSA) is 57.0 Å². The van der Waals surface area contributed by atoms with Gasteiger partial charge in [0.15, 0.2) is 5.69 Å². The third-order valence-corrected chi connectivity index (χ3v) is 1.44. The molecule has 0 amide bonds. The number of hydrogen-bond acceptors (Lipinski definition) is 4. The van der Waals surface area contributed by atoms with Gasteiger partial charge in [-0.05, 0) is 13.8 Å². The number of aryl methyl sites for hydroxylation is 1. The van der Waals surface area contributed by atoms with Crippen molar-refractivity contribution in [3.63, 3.8) is 0 Å². The molecular formula is C8H13N3O2. The largest absolute Gasteiger partial charge is 0.371 e. The summed E-state index contributed by atoms with van der Waals surface area (Å²) in [4.78, 5) is 11.3. The van der Waals surface area contributed by atoms with Crippen molar-refractivity contribution in [1.29, 1.82) is 0 Å². The van der Waals surface area contributed by atoms with Crippen LogP contribution in [-0.2, 0) is 11.8 Å². The molecule has 13 heavy (non-hydrogen) atoms. The smallest absolute Gasteiger partial charge is 0.210 e. The third kappa shape index (κ3) is 2.95. The predicted octanol–water partition coefficient (Wildman–Crippen LogP) is 0.423. The average molecular weight is 183 g/mol. The molecule has 0 aliphatic carbocycles. The molecule has 0 atom stereocenters. The van der Waals surface area contributed by atoms with E-state index in [9.17, 15) is 4.79 Å². The Morgan fingerprint density at radius 2 is 2.38 bits per heavy atom. The molecule has 0 bridgehead atoms. The van der Waals surface area contributed by atoms with Gasteiger partial charge >= 0.3 is 0 Å². The average Bonchev–Trinajstić information content (AvgIpc) is 2.47. The first-order chi connectivity index (χ1) is 6.09. The second kappa shape index (κ2) is 4.13. The fourth-order valence-electron chi connectivity index (χ4n) is 0.791. The summed E-state index contributed by atoms with van der Waals surface area (Å²) in [7, 11) is 1.72. The van der Waals surface area contributed by atoms with Gasteiger partial charge in [-0.3, -0.25) is 9.48 Å². The molecule has 1 heterocycles. The number of Topliss-reactive ketones (excluding diaryl/α,β-unsaturated/α-hetero) is 1. The lowest BCUT2D eigenvalue weighted by molar-refractivity contribution is 0.0580. The van der Waals surface area contributed by atoms with Crippen LogP contribution in [-0.4, -0.2) is 33.5 Å². The van der Waals surface area contributed by atoms with E-state index in [1.165, 1.54) is 4.68 Å². The Morgan fingerprint density at radius 3 is 2.85 bits per heavy atom. The van der Waals surface area contributed by atoms with Crippen LogP contribution in [0.1, 0.15) is 24.3 Å². The van der Waals surface area contributed by atoms with Crippen molar-refractivity contribution >= 4 is 5.78 Å². The molecule has 1 rings (SSSR count). The number of aromatic nitrogens is 3. The van der Waals surface area contributed by atoms with Gasteiger partial charge in [0.25, 0.3) is 0 Å². The third-order valence-electron chi connectivity index (χ3n) is 1.44. The Morgan fingerprint density at radius 1 is 1.69 bits per heavy atom. The highest BCUT2D eigenvalue weighted by Crippen LogP contribution is 1.96. The zero-order chi connectivity index (χ0) is 9.84. The number of ether oxygens (including phenoxy) is 1. The molecule has 0 N–H and O–H groups in total. The molecule has 72 valence electrons. The summed E-state index contributed by atoms with van der Waals surface area (Å²) < 4.78 is 6.63. The summed E-state index contributed by atoms with van der Waals surface area (Å²) in [6.45, 7) is 3.82. The second-order valence-electron chi connectivity index (χ2n) is 3.06. The van der Waals surface area contributed by atoms with Crippen LogP contribution >= 0.6 is 0 Å². The highest BCUT2D eigenvalue weighted by molar-refractivity contribution is 5.94. The fraction of sp³-hybridized carbons (Fsp3) is 0.625. The van der Waals surface area contributed by atoms with Gasteiger partial charge in [0, 0.05) is 7.05 Å². The van der Waals surface area contributed by atoms with Crippen LogP contribution in [0.4, 0.5) is 0 Å². The monoisotopic (exact) mass is 183 g/mol. The molecule has 5 heteroatoms. The Hall–Kier alpha value is -1.23. The Balaban J connectivity index is 2.49. The minimum atomic E-state index is -0.137. The minimum Gasteiger partial charge on any atom is -0.371 e. The summed E-state index contributed by atoms with van der Waals surface area (Å²) in [5.74, 6) is -0.137. The lowest BCUT2D eigenvalue weighted by Gasteiger charge is -2.03. The number of hydrogen-bond donors (Lipinski definition) is 0. The van der Waals surface area contributed by atoms with E-state index in [1.54, 1.807) is 13.2 Å². The van der Waals surface area contributed by atoms with Crippen LogP contribution in [0.15, 0.2) is 6.20 Å². The van der Waals surface area contributed by atoms with Crippen LogP contribution in [0.2, 0.25) is 0 Å². The molecular weight excluding hydrogens is 170 g/mol. The maximum absolute atomic E-state index is 11.3. The van der Waals surface area contributed by atoms with Crippen LogP contribution in [0.3, 0.4) is 0 Å². The number of rotatable bonds is 4. The molecule has 1 aromatic heterocycles. The van der Waals surface area contributed by atoms with E-state index in [4.69, 9.17) is 4.74 Å². The number of carbonyl (C=O) groups excluding carboxylic acids is 1. The van der Waals surface area contributed by atoms with Gasteiger partial charge in [-0.1, -0.05) is 5.21 Å². The van der Waals surface area contributed by atoms with E-state index in [-0.39, 0.29) is 18.5 Å². The van der Waals surface area contributed by atoms with E-state index >= 15 is 0 Å². The fourth-order valence-corrected chi connectivity index (χ4v) is 0.791. The standard InChI is InChI=1S/C8H13N3O2/c1-6(2)13-5-8(12)7-4-11(3)10-9-7/h4,6H,5H2,1-3H3. The van der Waals surface area contributed by atoms with Crippen LogP contribution in [0.5, 0.6) is 0 Å². The summed E-state index contributed by atoms with van der Waals surface area (Å²) in [5, 5.41) is 7.33. The second-order valence-corrected chi connectivity index (χ2v) is 3.06. The molecule has 5 nitrogen and oxygen atoms in total. The summed E-state index contributed by atoms with van der Waals surface area (Å²) in [6.07, 6.45) is 1.63. The first kappa shape index (κ1) is 9.85. The normalized spacial score (nSPS) is 10.8. The van der Waals surface area contributed by atoms with Gasteiger partial charge in [-0.2, -0.15) is 0 Å². The lowest BCUT2D eigenvalue weighted by Crippen LogP contribution is -2.13. The Bertz CT molecular complexity index is 293. The predicted molar refractivity (Wildman–Crippen MR) is 46.4 cm³/mol.